The Kier molecular flexibility index (Phi) is 5.97. The van der Waals surface area contributed by atoms with Crippen molar-refractivity contribution in [1.82, 2.24) is 15.6 Å². The number of rotatable bonds is 5. The third-order valence-corrected chi connectivity index (χ3v) is 6.27. The van der Waals surface area contributed by atoms with Gasteiger partial charge in [-0.3, -0.25) is 4.79 Å². The number of hydrogen-bond acceptors (Lipinski definition) is 6. The monoisotopic (exact) mass is 442 g/mol. The quantitative estimate of drug-likeness (QED) is 0.529. The first-order valence-electron chi connectivity index (χ1n) is 9.76. The van der Waals surface area contributed by atoms with Crippen LogP contribution in [0.15, 0.2) is 24.3 Å². The molecule has 1 fully saturated rings. The molecule has 10 heteroatoms. The van der Waals surface area contributed by atoms with E-state index < -0.39 is 17.5 Å². The second-order valence-corrected chi connectivity index (χ2v) is 8.12. The van der Waals surface area contributed by atoms with Gasteiger partial charge in [0.15, 0.2) is 0 Å². The van der Waals surface area contributed by atoms with Crippen molar-refractivity contribution in [2.75, 3.05) is 43.4 Å². The molecule has 1 amide bonds. The van der Waals surface area contributed by atoms with Gasteiger partial charge >= 0.3 is 0 Å². The number of fused-ring (bicyclic) bond motifs is 1. The van der Waals surface area contributed by atoms with Gasteiger partial charge in [0, 0.05) is 38.8 Å². The highest BCUT2D eigenvalue weighted by atomic mass is 32.1. The molecule has 4 N–H and O–H groups in total. The summed E-state index contributed by atoms with van der Waals surface area (Å²) in [4.78, 5) is 22.6. The van der Waals surface area contributed by atoms with Crippen LogP contribution in [0.25, 0.3) is 15.1 Å². The predicted octanol–water partition coefficient (Wildman–Crippen LogP) is 3.09. The van der Waals surface area contributed by atoms with E-state index in [-0.39, 0.29) is 34.9 Å². The molecule has 1 aliphatic heterocycles. The summed E-state index contributed by atoms with van der Waals surface area (Å²) in [6, 6.07) is 5.63. The molecule has 1 saturated heterocycles. The molecule has 0 radical (unpaired) electrons. The Morgan fingerprint density at radius 1 is 1.29 bits per heavy atom. The zero-order valence-electron chi connectivity index (χ0n) is 16.5. The van der Waals surface area contributed by atoms with Crippen molar-refractivity contribution in [2.24, 2.45) is 0 Å². The maximum atomic E-state index is 14.5. The van der Waals surface area contributed by atoms with Gasteiger partial charge in [-0.1, -0.05) is 24.0 Å². The minimum Gasteiger partial charge on any atom is -0.397 e. The number of carbonyl (C=O) groups is 1. The van der Waals surface area contributed by atoms with Crippen LogP contribution in [-0.2, 0) is 6.42 Å². The molecule has 2 aromatic heterocycles. The number of aromatic nitrogens is 1. The number of nitrogen functional groups attached to an aromatic ring is 1. The SMILES string of the molecule is [C-]#[N+]c1ccc2c(N)c(C(=O)NCCc3cc(F)c(N4CCNCC4)cc3F)sc2n1. The van der Waals surface area contributed by atoms with Crippen molar-refractivity contribution >= 4 is 44.7 Å². The van der Waals surface area contributed by atoms with Crippen molar-refractivity contribution in [3.05, 3.63) is 57.8 Å². The molecule has 3 heterocycles. The Morgan fingerprint density at radius 3 is 2.81 bits per heavy atom. The van der Waals surface area contributed by atoms with Crippen molar-refractivity contribution in [3.63, 3.8) is 0 Å². The molecule has 0 atom stereocenters. The molecule has 0 aliphatic carbocycles. The number of pyridine rings is 1. The molecule has 31 heavy (non-hydrogen) atoms. The fourth-order valence-electron chi connectivity index (χ4n) is 3.53. The molecule has 0 saturated carbocycles. The van der Waals surface area contributed by atoms with Gasteiger partial charge in [0.25, 0.3) is 11.7 Å². The number of benzene rings is 1. The van der Waals surface area contributed by atoms with E-state index >= 15 is 0 Å². The highest BCUT2D eigenvalue weighted by Gasteiger charge is 2.20. The standard InChI is InChI=1S/C21H20F2N6OS/c1-25-17-3-2-13-18(24)19(31-21(13)28-17)20(30)27-5-4-12-10-15(23)16(11-14(12)22)29-8-6-26-7-9-29/h2-3,10-11,26H,4-9,24H2,(H,27,30). The molecule has 0 spiro atoms. The lowest BCUT2D eigenvalue weighted by molar-refractivity contribution is 0.0959. The maximum absolute atomic E-state index is 14.5. The molecule has 3 aromatic rings. The van der Waals surface area contributed by atoms with Crippen LogP contribution in [0, 0.1) is 18.2 Å². The van der Waals surface area contributed by atoms with Crippen molar-refractivity contribution in [1.29, 1.82) is 0 Å². The van der Waals surface area contributed by atoms with E-state index in [0.717, 1.165) is 24.4 Å². The van der Waals surface area contributed by atoms with Crippen LogP contribution in [0.5, 0.6) is 0 Å². The van der Waals surface area contributed by atoms with E-state index in [9.17, 15) is 13.6 Å². The second kappa shape index (κ2) is 8.83. The fourth-order valence-corrected chi connectivity index (χ4v) is 4.53. The Bertz CT molecular complexity index is 1180. The first-order chi connectivity index (χ1) is 15.0. The molecular formula is C21H20F2N6OS. The number of thiophene rings is 1. The number of amides is 1. The summed E-state index contributed by atoms with van der Waals surface area (Å²) >= 11 is 1.09. The average Bonchev–Trinajstić information content (AvgIpc) is 3.12. The first-order valence-corrected chi connectivity index (χ1v) is 10.6. The topological polar surface area (TPSA) is 87.6 Å². The van der Waals surface area contributed by atoms with E-state index in [1.165, 1.54) is 12.1 Å². The Hall–Kier alpha value is -3.29. The van der Waals surface area contributed by atoms with Gasteiger partial charge in [0.2, 0.25) is 4.83 Å². The smallest absolute Gasteiger partial charge is 0.271 e. The van der Waals surface area contributed by atoms with E-state index in [0.29, 0.717) is 29.0 Å². The van der Waals surface area contributed by atoms with Crippen LogP contribution in [0.3, 0.4) is 0 Å². The minimum atomic E-state index is -0.499. The van der Waals surface area contributed by atoms with Crippen molar-refractivity contribution in [2.45, 2.75) is 6.42 Å². The van der Waals surface area contributed by atoms with Gasteiger partial charge in [0.1, 0.15) is 16.5 Å². The van der Waals surface area contributed by atoms with Crippen LogP contribution in [0.4, 0.5) is 26.0 Å². The summed E-state index contributed by atoms with van der Waals surface area (Å²) in [6.07, 6.45) is 0.140. The van der Waals surface area contributed by atoms with Gasteiger partial charge in [-0.2, -0.15) is 0 Å². The lowest BCUT2D eigenvalue weighted by Crippen LogP contribution is -2.44. The average molecular weight is 442 g/mol. The van der Waals surface area contributed by atoms with Gasteiger partial charge in [-0.15, -0.1) is 4.98 Å². The number of nitrogens with two attached hydrogens (primary N) is 1. The van der Waals surface area contributed by atoms with Crippen LogP contribution in [0.2, 0.25) is 0 Å². The number of nitrogens with zero attached hydrogens (tertiary/aromatic N) is 3. The normalized spacial score (nSPS) is 13.9. The number of anilines is 2. The van der Waals surface area contributed by atoms with Gasteiger partial charge < -0.3 is 26.1 Å². The Balaban J connectivity index is 1.43. The van der Waals surface area contributed by atoms with Gasteiger partial charge in [-0.05, 0) is 24.1 Å². The molecule has 7 nitrogen and oxygen atoms in total. The summed E-state index contributed by atoms with van der Waals surface area (Å²) < 4.78 is 29.1. The minimum absolute atomic E-state index is 0.122. The van der Waals surface area contributed by atoms with E-state index in [1.54, 1.807) is 12.1 Å². The summed E-state index contributed by atoms with van der Waals surface area (Å²) in [5, 5.41) is 6.49. The highest BCUT2D eigenvalue weighted by molar-refractivity contribution is 7.21. The number of hydrogen-bond donors (Lipinski definition) is 3. The zero-order chi connectivity index (χ0) is 22.0. The summed E-state index contributed by atoms with van der Waals surface area (Å²) in [5.41, 5.74) is 6.81. The van der Waals surface area contributed by atoms with Crippen LogP contribution >= 0.6 is 11.3 Å². The summed E-state index contributed by atoms with van der Waals surface area (Å²) in [5.74, 6) is -1.16. The predicted molar refractivity (Wildman–Crippen MR) is 118 cm³/mol. The maximum Gasteiger partial charge on any atom is 0.271 e. The van der Waals surface area contributed by atoms with E-state index in [2.05, 4.69) is 20.5 Å². The molecule has 1 aliphatic rings. The van der Waals surface area contributed by atoms with E-state index in [4.69, 9.17) is 12.3 Å². The number of nitrogens with one attached hydrogen (secondary N) is 2. The molecule has 1 aromatic carbocycles. The highest BCUT2D eigenvalue weighted by Crippen LogP contribution is 2.33. The molecule has 160 valence electrons. The fraction of sp³-hybridized carbons (Fsp3) is 0.286. The van der Waals surface area contributed by atoms with E-state index in [1.807, 2.05) is 4.90 Å². The van der Waals surface area contributed by atoms with Crippen LogP contribution in [0.1, 0.15) is 15.2 Å². The molecule has 0 bridgehead atoms. The van der Waals surface area contributed by atoms with Crippen molar-refractivity contribution in [3.8, 4) is 0 Å². The lowest BCUT2D eigenvalue weighted by atomic mass is 10.1. The van der Waals surface area contributed by atoms with Gasteiger partial charge in [-0.25, -0.2) is 8.78 Å². The largest absolute Gasteiger partial charge is 0.397 e. The third-order valence-electron chi connectivity index (χ3n) is 5.15. The zero-order valence-corrected chi connectivity index (χ0v) is 17.4. The van der Waals surface area contributed by atoms with Crippen molar-refractivity contribution < 1.29 is 13.6 Å². The second-order valence-electron chi connectivity index (χ2n) is 7.12. The van der Waals surface area contributed by atoms with Crippen LogP contribution in [-0.4, -0.2) is 43.6 Å². The summed E-state index contributed by atoms with van der Waals surface area (Å²) in [6.45, 7) is 9.85. The summed E-state index contributed by atoms with van der Waals surface area (Å²) in [7, 11) is 0. The molecular weight excluding hydrogens is 422 g/mol. The number of halogens is 2. The Morgan fingerprint density at radius 2 is 2.06 bits per heavy atom. The van der Waals surface area contributed by atoms with Gasteiger partial charge in [0.05, 0.1) is 16.8 Å². The molecule has 0 unspecified atom stereocenters. The first kappa shape index (κ1) is 21.0. The van der Waals surface area contributed by atoms with Crippen LogP contribution < -0.4 is 21.3 Å². The third kappa shape index (κ3) is 4.28. The number of carbonyl (C=O) groups excluding carboxylic acids is 1. The number of piperazine rings is 1. The molecule has 4 rings (SSSR count). The lowest BCUT2D eigenvalue weighted by Gasteiger charge is -2.30. The Labute approximate surface area is 181 Å².